The van der Waals surface area contributed by atoms with Crippen molar-refractivity contribution in [1.29, 1.82) is 0 Å². The largest absolute Gasteiger partial charge is 0.389 e. The zero-order chi connectivity index (χ0) is 28.6. The van der Waals surface area contributed by atoms with Gasteiger partial charge in [-0.05, 0) is 86.7 Å². The molecule has 1 aliphatic rings. The first kappa shape index (κ1) is 28.8. The summed E-state index contributed by atoms with van der Waals surface area (Å²) in [6.07, 6.45) is -0.371. The van der Waals surface area contributed by atoms with E-state index in [0.29, 0.717) is 22.0 Å². The third-order valence-electron chi connectivity index (χ3n) is 7.88. The summed E-state index contributed by atoms with van der Waals surface area (Å²) in [5.41, 5.74) is 3.51. The third kappa shape index (κ3) is 5.74. The second-order valence-corrected chi connectivity index (χ2v) is 11.5. The van der Waals surface area contributed by atoms with Gasteiger partial charge in [0, 0.05) is 33.8 Å². The number of aryl methyl sites for hydroxylation is 2. The molecule has 0 spiro atoms. The Hall–Kier alpha value is -3.19. The first-order chi connectivity index (χ1) is 18.3. The molecule has 1 saturated carbocycles. The minimum absolute atomic E-state index is 0.201. The Labute approximate surface area is 238 Å². The molecule has 0 saturated heterocycles. The van der Waals surface area contributed by atoms with Crippen molar-refractivity contribution < 1.29 is 19.5 Å². The van der Waals surface area contributed by atoms with Gasteiger partial charge in [0.1, 0.15) is 11.7 Å². The highest BCUT2D eigenvalue weighted by atomic mass is 35.5. The maximum atomic E-state index is 14.0. The van der Waals surface area contributed by atoms with Gasteiger partial charge >= 0.3 is 0 Å². The second-order valence-electron chi connectivity index (χ2n) is 10.6. The molecule has 8 heteroatoms. The average molecular weight is 568 g/mol. The highest BCUT2D eigenvalue weighted by molar-refractivity contribution is 6.35. The molecule has 0 radical (unpaired) electrons. The van der Waals surface area contributed by atoms with E-state index in [4.69, 9.17) is 23.2 Å². The lowest BCUT2D eigenvalue weighted by Gasteiger charge is -2.44. The van der Waals surface area contributed by atoms with Gasteiger partial charge in [0.05, 0.1) is 11.5 Å². The summed E-state index contributed by atoms with van der Waals surface area (Å²) >= 11 is 12.8. The second kappa shape index (κ2) is 11.1. The first-order valence-corrected chi connectivity index (χ1v) is 13.5. The molecule has 204 valence electrons. The predicted molar refractivity (Wildman–Crippen MR) is 156 cm³/mol. The number of rotatable bonds is 5. The molecule has 6 nitrogen and oxygen atoms in total. The minimum atomic E-state index is -1.75. The number of benzene rings is 3. The summed E-state index contributed by atoms with van der Waals surface area (Å²) < 4.78 is 0. The van der Waals surface area contributed by atoms with Crippen LogP contribution in [0.1, 0.15) is 47.1 Å². The van der Waals surface area contributed by atoms with Gasteiger partial charge in [0.2, 0.25) is 11.8 Å². The SMILES string of the molecule is Cc1cccc(NC(=O)C2C(=O)CC(C)(O)C(C(=O)Nc3cccc(C)c3C)C2c2ccc(Cl)cc2Cl)c1C. The quantitative estimate of drug-likeness (QED) is 0.305. The topological polar surface area (TPSA) is 95.5 Å². The minimum Gasteiger partial charge on any atom is -0.389 e. The summed E-state index contributed by atoms with van der Waals surface area (Å²) in [6, 6.07) is 15.8. The van der Waals surface area contributed by atoms with Crippen LogP contribution in [0.25, 0.3) is 0 Å². The van der Waals surface area contributed by atoms with Gasteiger partial charge in [0.25, 0.3) is 0 Å². The van der Waals surface area contributed by atoms with Crippen molar-refractivity contribution in [2.75, 3.05) is 10.6 Å². The van der Waals surface area contributed by atoms with Crippen LogP contribution >= 0.6 is 23.2 Å². The Morgan fingerprint density at radius 2 is 1.41 bits per heavy atom. The smallest absolute Gasteiger partial charge is 0.235 e. The Kier molecular flexibility index (Phi) is 8.22. The van der Waals surface area contributed by atoms with Crippen LogP contribution in [0.3, 0.4) is 0 Å². The molecule has 3 aromatic carbocycles. The maximum absolute atomic E-state index is 14.0. The molecule has 1 fully saturated rings. The Balaban J connectivity index is 1.83. The average Bonchev–Trinajstić information content (AvgIpc) is 2.83. The number of carbonyl (C=O) groups excluding carboxylic acids is 3. The van der Waals surface area contributed by atoms with Gasteiger partial charge in [-0.1, -0.05) is 53.5 Å². The number of ketones is 1. The summed E-state index contributed by atoms with van der Waals surface area (Å²) in [5, 5.41) is 17.9. The number of halogens is 2. The molecule has 0 heterocycles. The zero-order valence-corrected chi connectivity index (χ0v) is 24.1. The summed E-state index contributed by atoms with van der Waals surface area (Å²) in [5.74, 6) is -5.07. The molecule has 3 aromatic rings. The van der Waals surface area contributed by atoms with Crippen molar-refractivity contribution in [2.45, 2.75) is 52.6 Å². The molecule has 0 aliphatic heterocycles. The van der Waals surface area contributed by atoms with E-state index in [1.54, 1.807) is 24.3 Å². The van der Waals surface area contributed by atoms with Crippen LogP contribution in [-0.4, -0.2) is 28.3 Å². The molecule has 4 rings (SSSR count). The van der Waals surface area contributed by atoms with E-state index in [1.807, 2.05) is 52.0 Å². The fourth-order valence-electron chi connectivity index (χ4n) is 5.43. The molecule has 1 aliphatic carbocycles. The van der Waals surface area contributed by atoms with Gasteiger partial charge in [-0.25, -0.2) is 0 Å². The number of amides is 2. The molecule has 2 amide bonds. The fourth-order valence-corrected chi connectivity index (χ4v) is 5.97. The molecule has 4 unspecified atom stereocenters. The molecule has 39 heavy (non-hydrogen) atoms. The first-order valence-electron chi connectivity index (χ1n) is 12.8. The Bertz CT molecular complexity index is 1470. The number of hydrogen-bond donors (Lipinski definition) is 3. The van der Waals surface area contributed by atoms with Crippen molar-refractivity contribution in [1.82, 2.24) is 0 Å². The van der Waals surface area contributed by atoms with Crippen LogP contribution in [0.5, 0.6) is 0 Å². The van der Waals surface area contributed by atoms with Crippen molar-refractivity contribution in [3.8, 4) is 0 Å². The molecule has 3 N–H and O–H groups in total. The summed E-state index contributed by atoms with van der Waals surface area (Å²) in [6.45, 7) is 9.09. The number of Topliss-reactive ketones (excluding diaryl/α,β-unsaturated/α-hetero) is 1. The number of aliphatic hydroxyl groups is 1. The van der Waals surface area contributed by atoms with E-state index in [0.717, 1.165) is 22.3 Å². The number of nitrogens with one attached hydrogen (secondary N) is 2. The monoisotopic (exact) mass is 566 g/mol. The molecule has 0 aromatic heterocycles. The zero-order valence-electron chi connectivity index (χ0n) is 22.6. The molecule has 4 atom stereocenters. The van der Waals surface area contributed by atoms with E-state index in [2.05, 4.69) is 10.6 Å². The standard InChI is InChI=1S/C31H32Cl2N2O4/c1-16-8-6-10-23(18(16)3)34-29(37)27-25(36)15-31(5,39)28(26(27)21-13-12-20(32)14-22(21)33)30(38)35-24-11-7-9-17(2)19(24)4/h6-14,26-28,39H,15H2,1-5H3,(H,34,37)(H,35,38). The van der Waals surface area contributed by atoms with E-state index in [9.17, 15) is 19.5 Å². The lowest BCUT2D eigenvalue weighted by Crippen LogP contribution is -2.56. The summed E-state index contributed by atoms with van der Waals surface area (Å²) in [7, 11) is 0. The highest BCUT2D eigenvalue weighted by Crippen LogP contribution is 2.48. The van der Waals surface area contributed by atoms with E-state index in [1.165, 1.54) is 13.0 Å². The lowest BCUT2D eigenvalue weighted by molar-refractivity contribution is -0.150. The van der Waals surface area contributed by atoms with Gasteiger partial charge in [-0.2, -0.15) is 0 Å². The predicted octanol–water partition coefficient (Wildman–Crippen LogP) is 6.54. The Morgan fingerprint density at radius 3 is 1.95 bits per heavy atom. The number of carbonyl (C=O) groups is 3. The number of anilines is 2. The van der Waals surface area contributed by atoms with E-state index < -0.39 is 41.0 Å². The Morgan fingerprint density at radius 1 is 0.872 bits per heavy atom. The third-order valence-corrected chi connectivity index (χ3v) is 8.44. The van der Waals surface area contributed by atoms with Crippen LogP contribution in [0, 0.1) is 39.5 Å². The van der Waals surface area contributed by atoms with Gasteiger partial charge in [-0.15, -0.1) is 0 Å². The van der Waals surface area contributed by atoms with Crippen LogP contribution in [-0.2, 0) is 14.4 Å². The van der Waals surface area contributed by atoms with Crippen molar-refractivity contribution in [2.24, 2.45) is 11.8 Å². The maximum Gasteiger partial charge on any atom is 0.235 e. The fraction of sp³-hybridized carbons (Fsp3) is 0.323. The number of hydrogen-bond acceptors (Lipinski definition) is 4. The van der Waals surface area contributed by atoms with Crippen molar-refractivity contribution in [3.63, 3.8) is 0 Å². The molecule has 0 bridgehead atoms. The summed E-state index contributed by atoms with van der Waals surface area (Å²) in [4.78, 5) is 41.3. The van der Waals surface area contributed by atoms with Gasteiger partial charge in [-0.3, -0.25) is 14.4 Å². The van der Waals surface area contributed by atoms with Gasteiger partial charge in [0.15, 0.2) is 0 Å². The van der Waals surface area contributed by atoms with E-state index in [-0.39, 0.29) is 11.4 Å². The normalized spacial score (nSPS) is 22.9. The van der Waals surface area contributed by atoms with Crippen LogP contribution in [0.2, 0.25) is 10.0 Å². The van der Waals surface area contributed by atoms with Crippen molar-refractivity contribution >= 4 is 52.2 Å². The van der Waals surface area contributed by atoms with E-state index >= 15 is 0 Å². The van der Waals surface area contributed by atoms with Gasteiger partial charge < -0.3 is 15.7 Å². The molecular weight excluding hydrogens is 535 g/mol. The van der Waals surface area contributed by atoms with Crippen LogP contribution in [0.15, 0.2) is 54.6 Å². The lowest BCUT2D eigenvalue weighted by atomic mass is 9.61. The van der Waals surface area contributed by atoms with Crippen LogP contribution in [0.4, 0.5) is 11.4 Å². The molecular formula is C31H32Cl2N2O4. The highest BCUT2D eigenvalue weighted by Gasteiger charge is 2.56. The van der Waals surface area contributed by atoms with Crippen molar-refractivity contribution in [3.05, 3.63) is 92.5 Å². The van der Waals surface area contributed by atoms with Crippen LogP contribution < -0.4 is 10.6 Å².